The highest BCUT2D eigenvalue weighted by Gasteiger charge is 2.17. The largest absolute Gasteiger partial charge is 0.462 e. The summed E-state index contributed by atoms with van der Waals surface area (Å²) in [6, 6.07) is 0. The van der Waals surface area contributed by atoms with Crippen LogP contribution in [0.4, 0.5) is 0 Å². The molecule has 0 aliphatic heterocycles. The summed E-state index contributed by atoms with van der Waals surface area (Å²) >= 11 is 0. The Bertz CT molecular complexity index is 1230. The third kappa shape index (κ3) is 51.5. The van der Waals surface area contributed by atoms with E-state index in [0.29, 0.717) is 19.4 Å². The van der Waals surface area contributed by atoms with E-state index in [-0.39, 0.29) is 25.2 Å². The molecule has 366 valence electrons. The maximum absolute atomic E-state index is 12.8. The Balaban J connectivity index is 4.36. The van der Waals surface area contributed by atoms with Gasteiger partial charge in [0.1, 0.15) is 6.61 Å². The van der Waals surface area contributed by atoms with Crippen molar-refractivity contribution in [2.75, 3.05) is 19.8 Å². The van der Waals surface area contributed by atoms with Crippen molar-refractivity contribution in [1.29, 1.82) is 0 Å². The van der Waals surface area contributed by atoms with Crippen LogP contribution in [0.25, 0.3) is 0 Å². The number of hydrogen-bond acceptors (Lipinski definition) is 5. The van der Waals surface area contributed by atoms with Crippen molar-refractivity contribution in [3.8, 4) is 0 Å². The van der Waals surface area contributed by atoms with Crippen molar-refractivity contribution in [1.82, 2.24) is 0 Å². The molecule has 0 aliphatic carbocycles. The molecule has 0 heterocycles. The van der Waals surface area contributed by atoms with Gasteiger partial charge in [0.05, 0.1) is 6.61 Å². The van der Waals surface area contributed by atoms with Gasteiger partial charge in [-0.05, 0) is 116 Å². The Morgan fingerprint density at radius 2 is 0.703 bits per heavy atom. The number of hydrogen-bond donors (Lipinski definition) is 0. The average Bonchev–Trinajstić information content (AvgIpc) is 3.30. The second-order valence-electron chi connectivity index (χ2n) is 17.4. The zero-order valence-corrected chi connectivity index (χ0v) is 42.0. The fourth-order valence-electron chi connectivity index (χ4n) is 7.16. The maximum Gasteiger partial charge on any atom is 0.306 e. The van der Waals surface area contributed by atoms with Gasteiger partial charge in [0, 0.05) is 19.4 Å². The summed E-state index contributed by atoms with van der Waals surface area (Å²) < 4.78 is 17.4. The number of rotatable bonds is 48. The van der Waals surface area contributed by atoms with Crippen molar-refractivity contribution in [3.63, 3.8) is 0 Å². The summed E-state index contributed by atoms with van der Waals surface area (Å²) in [4.78, 5) is 25.4. The summed E-state index contributed by atoms with van der Waals surface area (Å²) in [5.41, 5.74) is 0. The molecule has 0 aromatic heterocycles. The standard InChI is InChI=1S/C59H100O5/c1-4-7-10-13-16-19-22-25-28-30-32-34-37-40-43-46-49-52-58(60)63-56-57(55-62-54-51-48-45-42-39-36-27-24-21-18-15-12-9-6-3)64-59(61)53-50-47-44-41-38-35-33-31-29-26-23-20-17-14-11-8-5-2/h7,9-10,12,16,18-19,21,25-29,32,34,36,57H,4-6,8,11,13-15,17,20,22-24,30-31,33,35,37-56H2,1-3H3/b10-7-,12-9-,19-16-,21-18-,28-25-,29-26-,34-32-,36-27-. The van der Waals surface area contributed by atoms with Crippen molar-refractivity contribution >= 4 is 11.9 Å². The summed E-state index contributed by atoms with van der Waals surface area (Å²) in [6.07, 6.45) is 72.8. The van der Waals surface area contributed by atoms with Crippen molar-refractivity contribution in [2.45, 2.75) is 245 Å². The van der Waals surface area contributed by atoms with E-state index in [9.17, 15) is 9.59 Å². The molecule has 0 N–H and O–H groups in total. The van der Waals surface area contributed by atoms with E-state index in [0.717, 1.165) is 116 Å². The highest BCUT2D eigenvalue weighted by molar-refractivity contribution is 5.70. The molecule has 1 atom stereocenters. The molecule has 0 spiro atoms. The molecular formula is C59H100O5. The van der Waals surface area contributed by atoms with E-state index in [1.165, 1.54) is 89.9 Å². The van der Waals surface area contributed by atoms with E-state index in [1.807, 2.05) is 0 Å². The van der Waals surface area contributed by atoms with Crippen LogP contribution in [0, 0.1) is 0 Å². The molecule has 0 aromatic carbocycles. The summed E-state index contributed by atoms with van der Waals surface area (Å²) in [5.74, 6) is -0.444. The predicted octanol–water partition coefficient (Wildman–Crippen LogP) is 18.2. The smallest absolute Gasteiger partial charge is 0.306 e. The Labute approximate surface area is 396 Å². The fourth-order valence-corrected chi connectivity index (χ4v) is 7.16. The van der Waals surface area contributed by atoms with Crippen LogP contribution < -0.4 is 0 Å². The Morgan fingerprint density at radius 1 is 0.359 bits per heavy atom. The zero-order chi connectivity index (χ0) is 46.3. The number of carbonyl (C=O) groups is 2. The lowest BCUT2D eigenvalue weighted by atomic mass is 10.1. The van der Waals surface area contributed by atoms with Crippen LogP contribution in [0.1, 0.15) is 239 Å². The highest BCUT2D eigenvalue weighted by atomic mass is 16.6. The topological polar surface area (TPSA) is 61.8 Å². The first-order valence-corrected chi connectivity index (χ1v) is 26.8. The van der Waals surface area contributed by atoms with Gasteiger partial charge < -0.3 is 14.2 Å². The first-order valence-electron chi connectivity index (χ1n) is 26.8. The molecule has 0 radical (unpaired) electrons. The van der Waals surface area contributed by atoms with Crippen LogP contribution in [0.2, 0.25) is 0 Å². The van der Waals surface area contributed by atoms with Crippen LogP contribution in [-0.4, -0.2) is 37.9 Å². The Kier molecular flexibility index (Phi) is 51.5. The minimum atomic E-state index is -0.566. The molecule has 0 aromatic rings. The van der Waals surface area contributed by atoms with Gasteiger partial charge in [-0.25, -0.2) is 0 Å². The van der Waals surface area contributed by atoms with Gasteiger partial charge in [-0.15, -0.1) is 0 Å². The monoisotopic (exact) mass is 889 g/mol. The van der Waals surface area contributed by atoms with E-state index in [1.54, 1.807) is 0 Å². The minimum absolute atomic E-state index is 0.0571. The van der Waals surface area contributed by atoms with Crippen molar-refractivity contribution < 1.29 is 23.8 Å². The molecule has 0 amide bonds. The summed E-state index contributed by atoms with van der Waals surface area (Å²) in [6.45, 7) is 7.52. The van der Waals surface area contributed by atoms with Crippen molar-refractivity contribution in [2.24, 2.45) is 0 Å². The third-order valence-electron chi connectivity index (χ3n) is 11.1. The third-order valence-corrected chi connectivity index (χ3v) is 11.1. The van der Waals surface area contributed by atoms with Gasteiger partial charge >= 0.3 is 11.9 Å². The number of carbonyl (C=O) groups excluding carboxylic acids is 2. The van der Waals surface area contributed by atoms with Gasteiger partial charge in [-0.2, -0.15) is 0 Å². The number of esters is 2. The molecule has 0 fully saturated rings. The van der Waals surface area contributed by atoms with E-state index in [4.69, 9.17) is 14.2 Å². The zero-order valence-electron chi connectivity index (χ0n) is 42.0. The van der Waals surface area contributed by atoms with Crippen molar-refractivity contribution in [3.05, 3.63) is 97.2 Å². The van der Waals surface area contributed by atoms with E-state index >= 15 is 0 Å². The second-order valence-corrected chi connectivity index (χ2v) is 17.4. The molecular weight excluding hydrogens is 789 g/mol. The Hall–Kier alpha value is -3.18. The van der Waals surface area contributed by atoms with Gasteiger partial charge in [-0.1, -0.05) is 208 Å². The number of ether oxygens (including phenoxy) is 3. The van der Waals surface area contributed by atoms with E-state index < -0.39 is 6.10 Å². The first-order chi connectivity index (χ1) is 31.6. The molecule has 0 saturated carbocycles. The normalized spacial score (nSPS) is 13.0. The molecule has 0 saturated heterocycles. The SMILES string of the molecule is CC/C=C\C/C=C\C/C=C\C/C=C\CCCCCCC(=O)OCC(COCCCCCC/C=C\C/C=C\C/C=C\CC)OC(=O)CCCCCCCCC/C=C\CCCCCCCC. The fraction of sp³-hybridized carbons (Fsp3) is 0.695. The van der Waals surface area contributed by atoms with Gasteiger partial charge in [-0.3, -0.25) is 9.59 Å². The molecule has 5 heteroatoms. The predicted molar refractivity (Wildman–Crippen MR) is 279 cm³/mol. The lowest BCUT2D eigenvalue weighted by Crippen LogP contribution is -2.30. The molecule has 0 aliphatic rings. The quantitative estimate of drug-likeness (QED) is 0.0346. The lowest BCUT2D eigenvalue weighted by molar-refractivity contribution is -0.163. The minimum Gasteiger partial charge on any atom is -0.462 e. The molecule has 1 unspecified atom stereocenters. The highest BCUT2D eigenvalue weighted by Crippen LogP contribution is 2.13. The average molecular weight is 889 g/mol. The Morgan fingerprint density at radius 3 is 1.14 bits per heavy atom. The van der Waals surface area contributed by atoms with Crippen LogP contribution >= 0.6 is 0 Å². The molecule has 64 heavy (non-hydrogen) atoms. The molecule has 5 nitrogen and oxygen atoms in total. The van der Waals surface area contributed by atoms with Crippen LogP contribution in [-0.2, 0) is 23.8 Å². The van der Waals surface area contributed by atoms with Gasteiger partial charge in [0.15, 0.2) is 6.10 Å². The number of allylic oxidation sites excluding steroid dienone is 16. The summed E-state index contributed by atoms with van der Waals surface area (Å²) in [7, 11) is 0. The molecule has 0 rings (SSSR count). The lowest BCUT2D eigenvalue weighted by Gasteiger charge is -2.18. The number of unbranched alkanes of at least 4 members (excludes halogenated alkanes) is 21. The van der Waals surface area contributed by atoms with Crippen LogP contribution in [0.15, 0.2) is 97.2 Å². The summed E-state index contributed by atoms with van der Waals surface area (Å²) in [5, 5.41) is 0. The first kappa shape index (κ1) is 60.8. The van der Waals surface area contributed by atoms with Gasteiger partial charge in [0.25, 0.3) is 0 Å². The second kappa shape index (κ2) is 54.2. The van der Waals surface area contributed by atoms with Gasteiger partial charge in [0.2, 0.25) is 0 Å². The van der Waals surface area contributed by atoms with E-state index in [2.05, 4.69) is 118 Å². The van der Waals surface area contributed by atoms with Crippen LogP contribution in [0.5, 0.6) is 0 Å². The maximum atomic E-state index is 12.8. The van der Waals surface area contributed by atoms with Crippen LogP contribution in [0.3, 0.4) is 0 Å². The molecule has 0 bridgehead atoms.